The van der Waals surface area contributed by atoms with E-state index in [1.807, 2.05) is 60.7 Å². The van der Waals surface area contributed by atoms with Gasteiger partial charge in [-0.3, -0.25) is 0 Å². The molecule has 2 aromatic rings. The predicted molar refractivity (Wildman–Crippen MR) is 205 cm³/mol. The van der Waals surface area contributed by atoms with Crippen LogP contribution in [0.3, 0.4) is 0 Å². The lowest BCUT2D eigenvalue weighted by molar-refractivity contribution is -0.0527. The van der Waals surface area contributed by atoms with Crippen LogP contribution in [-0.2, 0) is 23.5 Å². The van der Waals surface area contributed by atoms with Gasteiger partial charge in [0.1, 0.15) is 5.76 Å². The Balaban J connectivity index is 1.61. The van der Waals surface area contributed by atoms with E-state index in [0.717, 1.165) is 48.1 Å². The first-order valence-electron chi connectivity index (χ1n) is 17.9. The third-order valence-corrected chi connectivity index (χ3v) is 21.0. The minimum absolute atomic E-state index is 0.0319. The SMILES string of the molecule is C=C(OS(=O)(=O)C(F)(F)F)[C@H](C)C[C@@H](CC[C@@H]1O[C@@H](CCCCC(C)(C)[Si](O)(c2ccccc2)c2ccccc2)CC1=C)O[Si](C)(C)C(C)(C)C. The molecule has 2 aromatic carbocycles. The van der Waals surface area contributed by atoms with Crippen molar-refractivity contribution in [2.45, 2.75) is 140 Å². The third kappa shape index (κ3) is 10.9. The van der Waals surface area contributed by atoms with Gasteiger partial charge in [0.2, 0.25) is 0 Å². The second-order valence-electron chi connectivity index (χ2n) is 16.3. The Hall–Kier alpha value is -2.23. The van der Waals surface area contributed by atoms with Crippen LogP contribution in [0.25, 0.3) is 0 Å². The summed E-state index contributed by atoms with van der Waals surface area (Å²) in [5.74, 6) is -1.17. The molecule has 1 fully saturated rings. The number of ether oxygens (including phenoxy) is 1. The molecule has 0 unspecified atom stereocenters. The number of unbranched alkanes of at least 4 members (excludes halogenated alkanes) is 1. The molecule has 3 rings (SSSR count). The van der Waals surface area contributed by atoms with Crippen molar-refractivity contribution in [1.29, 1.82) is 0 Å². The Labute approximate surface area is 306 Å². The minimum Gasteiger partial charge on any atom is -0.424 e. The largest absolute Gasteiger partial charge is 0.534 e. The smallest absolute Gasteiger partial charge is 0.424 e. The Morgan fingerprint density at radius 2 is 1.49 bits per heavy atom. The number of rotatable bonds is 18. The van der Waals surface area contributed by atoms with E-state index in [0.29, 0.717) is 12.8 Å². The standard InChI is InChI=1S/C39H59F3O6SSi2/c1-29(31(3)47-49(43,44)39(40,41)42)27-33(48-50(9,10)37(4,5)6)24-25-36-30(2)28-32(46-36)19-17-18-26-38(7,8)51(45,34-20-13-11-14-21-34)35-22-15-12-16-23-35/h11-16,20-23,29,32-33,36,45H,2-3,17-19,24-28H2,1,4-10H3/t29-,32+,33-,36+/m1/s1. The summed E-state index contributed by atoms with van der Waals surface area (Å²) in [5, 5.41) is 1.58. The van der Waals surface area contributed by atoms with Crippen molar-refractivity contribution >= 4 is 37.1 Å². The molecule has 0 amide bonds. The van der Waals surface area contributed by atoms with Crippen molar-refractivity contribution in [1.82, 2.24) is 0 Å². The lowest BCUT2D eigenvalue weighted by Crippen LogP contribution is -2.65. The number of allylic oxidation sites excluding steroid dienone is 1. The molecule has 1 heterocycles. The summed E-state index contributed by atoms with van der Waals surface area (Å²) in [6, 6.07) is 20.1. The molecule has 1 saturated heterocycles. The maximum Gasteiger partial charge on any atom is 0.534 e. The van der Waals surface area contributed by atoms with E-state index in [1.54, 1.807) is 6.92 Å². The van der Waals surface area contributed by atoms with Gasteiger partial charge in [-0.15, -0.1) is 0 Å². The molecule has 0 bridgehead atoms. The molecule has 4 atom stereocenters. The molecule has 0 aliphatic carbocycles. The summed E-state index contributed by atoms with van der Waals surface area (Å²) in [6.07, 6.45) is 5.28. The number of hydrogen-bond acceptors (Lipinski definition) is 6. The van der Waals surface area contributed by atoms with Gasteiger partial charge in [-0.05, 0) is 77.6 Å². The molecule has 51 heavy (non-hydrogen) atoms. The van der Waals surface area contributed by atoms with Crippen LogP contribution in [0.15, 0.2) is 85.2 Å². The Morgan fingerprint density at radius 1 is 0.961 bits per heavy atom. The van der Waals surface area contributed by atoms with Crippen molar-refractivity contribution in [3.63, 3.8) is 0 Å². The lowest BCUT2D eigenvalue weighted by atomic mass is 9.96. The number of halogens is 3. The molecule has 0 radical (unpaired) electrons. The molecule has 1 N–H and O–H groups in total. The number of hydrogen-bond donors (Lipinski definition) is 1. The van der Waals surface area contributed by atoms with E-state index in [9.17, 15) is 26.4 Å². The Bertz CT molecular complexity index is 1520. The molecule has 12 heteroatoms. The highest BCUT2D eigenvalue weighted by atomic mass is 32.2. The van der Waals surface area contributed by atoms with Gasteiger partial charge in [0, 0.05) is 12.0 Å². The van der Waals surface area contributed by atoms with Gasteiger partial charge in [-0.1, -0.05) is 128 Å². The molecule has 286 valence electrons. The van der Waals surface area contributed by atoms with Crippen LogP contribution in [0.5, 0.6) is 0 Å². The van der Waals surface area contributed by atoms with Crippen LogP contribution in [0.1, 0.15) is 92.9 Å². The lowest BCUT2D eigenvalue weighted by Gasteiger charge is -2.41. The highest BCUT2D eigenvalue weighted by molar-refractivity contribution is 7.87. The zero-order valence-electron chi connectivity index (χ0n) is 31.7. The van der Waals surface area contributed by atoms with Gasteiger partial charge >= 0.3 is 15.6 Å². The van der Waals surface area contributed by atoms with Crippen molar-refractivity contribution in [3.05, 3.63) is 85.2 Å². The van der Waals surface area contributed by atoms with Crippen molar-refractivity contribution < 1.29 is 39.7 Å². The van der Waals surface area contributed by atoms with E-state index in [-0.39, 0.29) is 34.8 Å². The molecule has 1 aliphatic heterocycles. The summed E-state index contributed by atoms with van der Waals surface area (Å²) >= 11 is 0. The maximum absolute atomic E-state index is 13.0. The summed E-state index contributed by atoms with van der Waals surface area (Å²) in [4.78, 5) is 12.5. The maximum atomic E-state index is 13.0. The quantitative estimate of drug-likeness (QED) is 0.0407. The topological polar surface area (TPSA) is 82.1 Å². The second kappa shape index (κ2) is 16.8. The van der Waals surface area contributed by atoms with Crippen molar-refractivity contribution in [2.24, 2.45) is 5.92 Å². The van der Waals surface area contributed by atoms with Crippen LogP contribution in [0.2, 0.25) is 23.2 Å². The molecule has 1 aliphatic rings. The van der Waals surface area contributed by atoms with Gasteiger partial charge in [0.25, 0.3) is 8.32 Å². The highest BCUT2D eigenvalue weighted by Crippen LogP contribution is 2.42. The molecular weight excluding hydrogens is 710 g/mol. The average Bonchev–Trinajstić information content (AvgIpc) is 3.39. The monoisotopic (exact) mass is 768 g/mol. The fourth-order valence-electron chi connectivity index (χ4n) is 6.62. The molecule has 6 nitrogen and oxygen atoms in total. The van der Waals surface area contributed by atoms with Crippen LogP contribution in [-0.4, -0.2) is 53.7 Å². The van der Waals surface area contributed by atoms with Gasteiger partial charge in [0.15, 0.2) is 8.32 Å². The number of benzene rings is 2. The zero-order chi connectivity index (χ0) is 38.5. The van der Waals surface area contributed by atoms with E-state index in [2.05, 4.69) is 65.1 Å². The molecule has 0 saturated carbocycles. The first-order valence-corrected chi connectivity index (χ1v) is 24.2. The van der Waals surface area contributed by atoms with Crippen LogP contribution >= 0.6 is 0 Å². The first kappa shape index (κ1) is 43.2. The second-order valence-corrected chi connectivity index (χ2v) is 26.6. The van der Waals surface area contributed by atoms with Gasteiger partial charge in [-0.25, -0.2) is 0 Å². The summed E-state index contributed by atoms with van der Waals surface area (Å²) in [7, 11) is -11.2. The van der Waals surface area contributed by atoms with Crippen LogP contribution < -0.4 is 10.4 Å². The van der Waals surface area contributed by atoms with Gasteiger partial charge in [0.05, 0.1) is 12.2 Å². The Morgan fingerprint density at radius 3 is 1.98 bits per heavy atom. The number of alkyl halides is 3. The molecule has 0 aromatic heterocycles. The molecule has 0 spiro atoms. The molecular formula is C39H59F3O6SSi2. The first-order chi connectivity index (χ1) is 23.4. The van der Waals surface area contributed by atoms with E-state index < -0.39 is 43.9 Å². The van der Waals surface area contributed by atoms with Crippen molar-refractivity contribution in [3.8, 4) is 0 Å². The summed E-state index contributed by atoms with van der Waals surface area (Å²) < 4.78 is 79.7. The van der Waals surface area contributed by atoms with E-state index in [4.69, 9.17) is 9.16 Å². The third-order valence-electron chi connectivity index (χ3n) is 10.9. The summed E-state index contributed by atoms with van der Waals surface area (Å²) in [5.41, 5.74) is -4.52. The fourth-order valence-corrected chi connectivity index (χ4v) is 12.3. The predicted octanol–water partition coefficient (Wildman–Crippen LogP) is 9.37. The van der Waals surface area contributed by atoms with E-state index in [1.165, 1.54) is 0 Å². The minimum atomic E-state index is -5.80. The zero-order valence-corrected chi connectivity index (χ0v) is 34.5. The summed E-state index contributed by atoms with van der Waals surface area (Å²) in [6.45, 7) is 24.3. The highest BCUT2D eigenvalue weighted by Gasteiger charge is 2.50. The van der Waals surface area contributed by atoms with E-state index >= 15 is 0 Å². The van der Waals surface area contributed by atoms with Gasteiger partial charge in [-0.2, -0.15) is 21.6 Å². The average molecular weight is 769 g/mol. The van der Waals surface area contributed by atoms with Crippen molar-refractivity contribution in [2.75, 3.05) is 0 Å². The van der Waals surface area contributed by atoms with Gasteiger partial charge < -0.3 is 18.1 Å². The van der Waals surface area contributed by atoms with Crippen LogP contribution in [0.4, 0.5) is 13.2 Å². The normalized spacial score (nSPS) is 19.2. The fraction of sp³-hybridized carbons (Fsp3) is 0.590. The van der Waals surface area contributed by atoms with Crippen LogP contribution in [0, 0.1) is 5.92 Å². The Kier molecular flexibility index (Phi) is 14.3.